The van der Waals surface area contributed by atoms with Crippen LogP contribution in [-0.2, 0) is 10.0 Å². The highest BCUT2D eigenvalue weighted by atomic mass is 32.2. The fourth-order valence-electron chi connectivity index (χ4n) is 11.0. The number of likely N-dealkylation sites (tertiary alicyclic amines) is 1. The Kier molecular flexibility index (Phi) is 12.5. The van der Waals surface area contributed by atoms with E-state index < -0.39 is 37.0 Å². The Hall–Kier alpha value is -5.71. The molecule has 4 fully saturated rings. The SMILES string of the molecule is COc1nc2[nH]ccc2cc1Oc1cc(N2CCC3(CC2)CN([C@H]2CCC[C@H]2c2ccccc2C(C)C)C3)ccc1C(=O)NS(=O)(=O)c1ccc(NC[C@H]2CC[C@](C)(O)CC2)c([N+](=O)[O-])c1. The number of aromatic nitrogens is 2. The smallest absolute Gasteiger partial charge is 0.293 e. The zero-order valence-corrected chi connectivity index (χ0v) is 39.0. The number of carbonyl (C=O) groups excluding carboxylic acids is 1. The van der Waals surface area contributed by atoms with Crippen LogP contribution in [-0.4, -0.2) is 90.7 Å². The van der Waals surface area contributed by atoms with Gasteiger partial charge in [0.25, 0.3) is 27.5 Å². The van der Waals surface area contributed by atoms with Crippen LogP contribution in [0.4, 0.5) is 17.1 Å². The first-order chi connectivity index (χ1) is 31.6. The molecule has 2 saturated carbocycles. The number of nitro benzene ring substituents is 1. The number of H-pyrrole nitrogens is 1. The topological polar surface area (TPSA) is 192 Å². The zero-order chi connectivity index (χ0) is 46.4. The van der Waals surface area contributed by atoms with Gasteiger partial charge in [-0.15, -0.1) is 0 Å². The number of hydrogen-bond donors (Lipinski definition) is 4. The van der Waals surface area contributed by atoms with Crippen molar-refractivity contribution in [2.75, 3.05) is 50.1 Å². The van der Waals surface area contributed by atoms with Gasteiger partial charge in [0, 0.05) is 68.2 Å². The zero-order valence-electron chi connectivity index (χ0n) is 38.2. The number of anilines is 2. The van der Waals surface area contributed by atoms with Gasteiger partial charge < -0.3 is 29.8 Å². The first-order valence-electron chi connectivity index (χ1n) is 23.3. The van der Waals surface area contributed by atoms with E-state index in [0.717, 1.165) is 69.0 Å². The van der Waals surface area contributed by atoms with E-state index in [1.807, 2.05) is 13.0 Å². The molecule has 0 radical (unpaired) electrons. The molecule has 2 atom stereocenters. The van der Waals surface area contributed by atoms with Crippen molar-refractivity contribution in [2.45, 2.75) is 107 Å². The van der Waals surface area contributed by atoms with Crippen molar-refractivity contribution in [3.05, 3.63) is 106 Å². The van der Waals surface area contributed by atoms with Gasteiger partial charge in [0.1, 0.15) is 17.1 Å². The molecular weight excluding hydrogens is 859 g/mol. The summed E-state index contributed by atoms with van der Waals surface area (Å²) in [6, 6.07) is 21.8. The van der Waals surface area contributed by atoms with Gasteiger partial charge in [-0.3, -0.25) is 19.8 Å². The molecule has 2 saturated heterocycles. The second-order valence-electron chi connectivity index (χ2n) is 19.7. The fourth-order valence-corrected chi connectivity index (χ4v) is 11.9. The van der Waals surface area contributed by atoms with Gasteiger partial charge in [0.05, 0.1) is 28.1 Å². The molecule has 66 heavy (non-hydrogen) atoms. The molecular formula is C50H61N7O8S. The number of aromatic amines is 1. The minimum absolute atomic E-state index is 0.0638. The summed E-state index contributed by atoms with van der Waals surface area (Å²) < 4.78 is 41.8. The lowest BCUT2D eigenvalue weighted by Crippen LogP contribution is -2.63. The summed E-state index contributed by atoms with van der Waals surface area (Å²) in [5.74, 6) is 0.767. The van der Waals surface area contributed by atoms with E-state index in [1.54, 1.807) is 30.5 Å². The number of pyridine rings is 1. The molecule has 0 bridgehead atoms. The number of nitrogens with zero attached hydrogens (tertiary/aromatic N) is 4. The number of methoxy groups -OCH3 is 1. The van der Waals surface area contributed by atoms with E-state index >= 15 is 0 Å². The summed E-state index contributed by atoms with van der Waals surface area (Å²) in [6.45, 7) is 10.6. The maximum Gasteiger partial charge on any atom is 0.293 e. The van der Waals surface area contributed by atoms with Crippen LogP contribution in [0, 0.1) is 21.4 Å². The van der Waals surface area contributed by atoms with E-state index in [0.29, 0.717) is 42.9 Å². The number of aliphatic hydroxyl groups is 1. The van der Waals surface area contributed by atoms with Gasteiger partial charge in [0.2, 0.25) is 0 Å². The summed E-state index contributed by atoms with van der Waals surface area (Å²) in [5, 5.41) is 26.4. The standard InChI is InChI=1S/C50H61N7O8S/c1-32(2)37-8-5-6-9-38(37)39-10-7-11-42(39)56-30-50(31-56)21-24-55(25-22-50)35-12-14-40(44(27-35)65-45-26-34-18-23-51-46(34)53-48(45)64-4)47(58)54-66(62,63)36-13-15-41(43(28-36)57(60)61)52-29-33-16-19-49(3,59)20-17-33/h5-6,8-9,12-15,18,23,26-28,32-33,39,42,52,59H,7,10-11,16-17,19-22,24-25,29-31H2,1-4H3,(H,51,53)(H,54,58)/t33-,39-,42-,49-/m0/s1. The lowest BCUT2D eigenvalue weighted by molar-refractivity contribution is -0.384. The number of amides is 1. The molecule has 15 nitrogen and oxygen atoms in total. The van der Waals surface area contributed by atoms with Crippen LogP contribution < -0.4 is 24.4 Å². The third kappa shape index (κ3) is 9.32. The average molecular weight is 920 g/mol. The summed E-state index contributed by atoms with van der Waals surface area (Å²) in [7, 11) is -3.14. The molecule has 0 unspecified atom stereocenters. The second-order valence-corrected chi connectivity index (χ2v) is 21.3. The molecule has 5 aromatic rings. The van der Waals surface area contributed by atoms with Gasteiger partial charge in [-0.25, -0.2) is 13.1 Å². The van der Waals surface area contributed by atoms with E-state index in [2.05, 4.69) is 67.9 Å². The van der Waals surface area contributed by atoms with Crippen molar-refractivity contribution < 1.29 is 32.7 Å². The largest absolute Gasteiger partial charge is 0.478 e. The summed E-state index contributed by atoms with van der Waals surface area (Å²) in [6.07, 6.45) is 10.3. The molecule has 350 valence electrons. The highest BCUT2D eigenvalue weighted by Gasteiger charge is 2.49. The average Bonchev–Trinajstić information content (AvgIpc) is 3.97. The molecule has 2 aliphatic carbocycles. The predicted molar refractivity (Wildman–Crippen MR) is 254 cm³/mol. The number of nitro groups is 1. The number of rotatable bonds is 14. The molecule has 1 amide bonds. The first kappa shape index (κ1) is 45.4. The van der Waals surface area contributed by atoms with Crippen molar-refractivity contribution in [1.29, 1.82) is 0 Å². The van der Waals surface area contributed by atoms with Gasteiger partial charge in [-0.05, 0) is 129 Å². The van der Waals surface area contributed by atoms with E-state index in [1.165, 1.54) is 49.6 Å². The number of ether oxygens (including phenoxy) is 2. The lowest BCUT2D eigenvalue weighted by atomic mass is 9.70. The Morgan fingerprint density at radius 2 is 1.74 bits per heavy atom. The van der Waals surface area contributed by atoms with Crippen LogP contribution in [0.25, 0.3) is 11.0 Å². The quantitative estimate of drug-likeness (QED) is 0.0611. The van der Waals surface area contributed by atoms with E-state index in [9.17, 15) is 28.4 Å². The maximum absolute atomic E-state index is 14.1. The molecule has 9 rings (SSSR count). The number of piperidine rings is 1. The Labute approximate surface area is 386 Å². The molecule has 4 heterocycles. The third-order valence-electron chi connectivity index (χ3n) is 14.8. The van der Waals surface area contributed by atoms with Crippen LogP contribution in [0.3, 0.4) is 0 Å². The van der Waals surface area contributed by atoms with Crippen LogP contribution in [0.5, 0.6) is 17.4 Å². The number of fused-ring (bicyclic) bond motifs is 1. The predicted octanol–water partition coefficient (Wildman–Crippen LogP) is 9.11. The molecule has 4 N–H and O–H groups in total. The Balaban J connectivity index is 0.918. The number of hydrogen-bond acceptors (Lipinski definition) is 12. The van der Waals surface area contributed by atoms with Gasteiger partial charge in [0.15, 0.2) is 5.75 Å². The highest BCUT2D eigenvalue weighted by molar-refractivity contribution is 7.90. The summed E-state index contributed by atoms with van der Waals surface area (Å²) in [5.41, 5.74) is 3.60. The monoisotopic (exact) mass is 919 g/mol. The number of sulfonamides is 1. The van der Waals surface area contributed by atoms with Crippen LogP contribution in [0.2, 0.25) is 0 Å². The third-order valence-corrected chi connectivity index (χ3v) is 16.1. The maximum atomic E-state index is 14.1. The molecule has 16 heteroatoms. The Bertz CT molecular complexity index is 2710. The van der Waals surface area contributed by atoms with Crippen molar-refractivity contribution >= 4 is 44.0 Å². The van der Waals surface area contributed by atoms with E-state index in [4.69, 9.17) is 9.47 Å². The van der Waals surface area contributed by atoms with Crippen LogP contribution in [0.1, 0.15) is 112 Å². The molecule has 3 aromatic carbocycles. The van der Waals surface area contributed by atoms with Crippen LogP contribution >= 0.6 is 0 Å². The molecule has 2 aromatic heterocycles. The minimum atomic E-state index is -4.60. The van der Waals surface area contributed by atoms with Gasteiger partial charge >= 0.3 is 0 Å². The van der Waals surface area contributed by atoms with Gasteiger partial charge in [-0.1, -0.05) is 44.5 Å². The molecule has 1 spiro atoms. The molecule has 4 aliphatic rings. The summed E-state index contributed by atoms with van der Waals surface area (Å²) in [4.78, 5) is 37.8. The number of carbonyl (C=O) groups is 1. The normalized spacial score (nSPS) is 23.2. The van der Waals surface area contributed by atoms with Crippen LogP contribution in [0.15, 0.2) is 83.9 Å². The first-order valence-corrected chi connectivity index (χ1v) is 24.8. The Morgan fingerprint density at radius 3 is 2.47 bits per heavy atom. The van der Waals surface area contributed by atoms with Crippen molar-refractivity contribution in [3.8, 4) is 17.4 Å². The highest BCUT2D eigenvalue weighted by Crippen LogP contribution is 2.49. The number of benzene rings is 3. The van der Waals surface area contributed by atoms with E-state index in [-0.39, 0.29) is 40.0 Å². The van der Waals surface area contributed by atoms with Crippen molar-refractivity contribution in [2.24, 2.45) is 11.3 Å². The number of nitrogens with one attached hydrogen (secondary N) is 3. The Morgan fingerprint density at radius 1 is 0.985 bits per heavy atom. The van der Waals surface area contributed by atoms with Crippen molar-refractivity contribution in [1.82, 2.24) is 19.6 Å². The fraction of sp³-hybridized carbons (Fsp3) is 0.480. The summed E-state index contributed by atoms with van der Waals surface area (Å²) >= 11 is 0. The second kappa shape index (κ2) is 18.2. The lowest BCUT2D eigenvalue weighted by Gasteiger charge is -2.57. The van der Waals surface area contributed by atoms with Crippen molar-refractivity contribution in [3.63, 3.8) is 0 Å². The minimum Gasteiger partial charge on any atom is -0.478 e. The van der Waals surface area contributed by atoms with Gasteiger partial charge in [-0.2, -0.15) is 4.98 Å². The molecule has 2 aliphatic heterocycles.